The molecule has 0 spiro atoms. The van der Waals surface area contributed by atoms with Gasteiger partial charge in [0.15, 0.2) is 0 Å². The van der Waals surface area contributed by atoms with E-state index >= 15 is 0 Å². The average molecular weight is 200 g/mol. The number of esters is 1. The molecule has 0 aromatic rings. The molecule has 1 rings (SSSR count). The summed E-state index contributed by atoms with van der Waals surface area (Å²) in [5, 5.41) is 0. The summed E-state index contributed by atoms with van der Waals surface area (Å²) in [4.78, 5) is 13.5. The minimum absolute atomic E-state index is 0.286. The second-order valence-corrected chi connectivity index (χ2v) is 3.84. The Morgan fingerprint density at radius 2 is 2.43 bits per heavy atom. The molecule has 1 aliphatic rings. The van der Waals surface area contributed by atoms with E-state index in [1.54, 1.807) is 6.92 Å². The van der Waals surface area contributed by atoms with E-state index in [1.807, 2.05) is 0 Å². The quantitative estimate of drug-likeness (QED) is 0.666. The highest BCUT2D eigenvalue weighted by Gasteiger charge is 2.25. The Morgan fingerprint density at radius 3 is 2.93 bits per heavy atom. The maximum atomic E-state index is 11.3. The fourth-order valence-corrected chi connectivity index (χ4v) is 1.84. The fraction of sp³-hybridized carbons (Fsp3) is 0.900. The maximum Gasteiger partial charge on any atom is 0.324 e. The van der Waals surface area contributed by atoms with Gasteiger partial charge in [0, 0.05) is 12.6 Å². The zero-order valence-corrected chi connectivity index (χ0v) is 9.03. The van der Waals surface area contributed by atoms with Gasteiger partial charge in [-0.05, 0) is 33.2 Å². The Labute approximate surface area is 85.4 Å². The van der Waals surface area contributed by atoms with Crippen LogP contribution in [-0.2, 0) is 9.53 Å². The number of rotatable bonds is 4. The molecule has 0 aromatic heterocycles. The second-order valence-electron chi connectivity index (χ2n) is 3.84. The van der Waals surface area contributed by atoms with Gasteiger partial charge in [-0.3, -0.25) is 9.69 Å². The first kappa shape index (κ1) is 11.5. The van der Waals surface area contributed by atoms with E-state index < -0.39 is 6.04 Å². The van der Waals surface area contributed by atoms with Gasteiger partial charge in [0.25, 0.3) is 0 Å². The smallest absolute Gasteiger partial charge is 0.324 e. The normalized spacial score (nSPS) is 24.9. The molecule has 0 bridgehead atoms. The number of likely N-dealkylation sites (tertiary alicyclic amines) is 1. The Bertz CT molecular complexity index is 197. The van der Waals surface area contributed by atoms with Crippen LogP contribution in [0.4, 0.5) is 0 Å². The van der Waals surface area contributed by atoms with Crippen LogP contribution in [0, 0.1) is 0 Å². The van der Waals surface area contributed by atoms with Crippen molar-refractivity contribution in [3.05, 3.63) is 0 Å². The van der Waals surface area contributed by atoms with E-state index in [0.29, 0.717) is 19.2 Å². The molecule has 1 aliphatic heterocycles. The molecule has 1 fully saturated rings. The molecule has 1 saturated heterocycles. The number of hydrogen-bond donors (Lipinski definition) is 1. The molecular weight excluding hydrogens is 180 g/mol. The summed E-state index contributed by atoms with van der Waals surface area (Å²) < 4.78 is 4.86. The number of nitrogens with two attached hydrogens (primary N) is 1. The zero-order valence-electron chi connectivity index (χ0n) is 9.03. The fourth-order valence-electron chi connectivity index (χ4n) is 1.84. The second kappa shape index (κ2) is 5.32. The molecule has 0 saturated carbocycles. The van der Waals surface area contributed by atoms with Crippen molar-refractivity contribution < 1.29 is 9.53 Å². The lowest BCUT2D eigenvalue weighted by molar-refractivity contribution is -0.145. The van der Waals surface area contributed by atoms with Crippen molar-refractivity contribution in [1.29, 1.82) is 0 Å². The van der Waals surface area contributed by atoms with Crippen molar-refractivity contribution in [2.24, 2.45) is 5.73 Å². The number of nitrogens with zero attached hydrogens (tertiary/aromatic N) is 1. The van der Waals surface area contributed by atoms with Gasteiger partial charge in [-0.2, -0.15) is 0 Å². The number of carbonyl (C=O) groups is 1. The Hall–Kier alpha value is -0.610. The molecule has 4 heteroatoms. The summed E-state index contributed by atoms with van der Waals surface area (Å²) in [6.45, 7) is 6.05. The molecule has 2 unspecified atom stereocenters. The van der Waals surface area contributed by atoms with Gasteiger partial charge in [-0.25, -0.2) is 0 Å². The Morgan fingerprint density at radius 1 is 1.71 bits per heavy atom. The van der Waals surface area contributed by atoms with Crippen molar-refractivity contribution in [3.63, 3.8) is 0 Å². The molecule has 1 heterocycles. The van der Waals surface area contributed by atoms with Crippen molar-refractivity contribution in [1.82, 2.24) is 4.90 Å². The summed E-state index contributed by atoms with van der Waals surface area (Å²) in [7, 11) is 0. The first-order valence-electron chi connectivity index (χ1n) is 5.31. The van der Waals surface area contributed by atoms with E-state index in [-0.39, 0.29) is 5.97 Å². The molecule has 0 radical (unpaired) electrons. The van der Waals surface area contributed by atoms with Gasteiger partial charge in [0.05, 0.1) is 6.61 Å². The van der Waals surface area contributed by atoms with Crippen LogP contribution < -0.4 is 5.73 Å². The van der Waals surface area contributed by atoms with Crippen LogP contribution >= 0.6 is 0 Å². The standard InChI is InChI=1S/C10H20N2O2/c1-3-14-10(13)9(11)7-12-6-4-5-8(12)2/h8-9H,3-7,11H2,1-2H3. The third-order valence-corrected chi connectivity index (χ3v) is 2.71. The largest absolute Gasteiger partial charge is 0.465 e. The predicted octanol–water partition coefficient (Wildman–Crippen LogP) is 0.361. The molecule has 2 atom stereocenters. The third kappa shape index (κ3) is 2.96. The first-order valence-corrected chi connectivity index (χ1v) is 5.31. The Balaban J connectivity index is 2.32. The van der Waals surface area contributed by atoms with Crippen LogP contribution in [-0.4, -0.2) is 42.6 Å². The van der Waals surface area contributed by atoms with Crippen molar-refractivity contribution >= 4 is 5.97 Å². The van der Waals surface area contributed by atoms with E-state index in [0.717, 1.165) is 6.54 Å². The first-order chi connectivity index (χ1) is 6.65. The van der Waals surface area contributed by atoms with Gasteiger partial charge < -0.3 is 10.5 Å². The van der Waals surface area contributed by atoms with E-state index in [9.17, 15) is 4.79 Å². The number of carbonyl (C=O) groups excluding carboxylic acids is 1. The molecule has 0 aliphatic carbocycles. The lowest BCUT2D eigenvalue weighted by atomic mass is 10.2. The molecule has 0 aromatic carbocycles. The summed E-state index contributed by atoms with van der Waals surface area (Å²) in [6.07, 6.45) is 2.41. The maximum absolute atomic E-state index is 11.3. The van der Waals surface area contributed by atoms with Crippen molar-refractivity contribution in [2.45, 2.75) is 38.8 Å². The van der Waals surface area contributed by atoms with Crippen molar-refractivity contribution in [2.75, 3.05) is 19.7 Å². The highest BCUT2D eigenvalue weighted by molar-refractivity contribution is 5.75. The monoisotopic (exact) mass is 200 g/mol. The highest BCUT2D eigenvalue weighted by atomic mass is 16.5. The van der Waals surface area contributed by atoms with Crippen LogP contribution in [0.2, 0.25) is 0 Å². The van der Waals surface area contributed by atoms with Crippen LogP contribution in [0.5, 0.6) is 0 Å². The van der Waals surface area contributed by atoms with Crippen LogP contribution in [0.1, 0.15) is 26.7 Å². The highest BCUT2D eigenvalue weighted by Crippen LogP contribution is 2.16. The summed E-state index contributed by atoms with van der Waals surface area (Å²) in [6, 6.07) is 0.0611. The minimum atomic E-state index is -0.490. The Kier molecular flexibility index (Phi) is 4.35. The average Bonchev–Trinajstić information content (AvgIpc) is 2.52. The van der Waals surface area contributed by atoms with Crippen LogP contribution in [0.25, 0.3) is 0 Å². The number of hydrogen-bond acceptors (Lipinski definition) is 4. The molecule has 0 amide bonds. The summed E-state index contributed by atoms with van der Waals surface area (Å²) >= 11 is 0. The molecule has 2 N–H and O–H groups in total. The topological polar surface area (TPSA) is 55.6 Å². The van der Waals surface area contributed by atoms with Gasteiger partial charge in [-0.1, -0.05) is 0 Å². The van der Waals surface area contributed by atoms with Gasteiger partial charge in [0.2, 0.25) is 0 Å². The van der Waals surface area contributed by atoms with E-state index in [2.05, 4.69) is 11.8 Å². The lowest BCUT2D eigenvalue weighted by Gasteiger charge is -2.23. The SMILES string of the molecule is CCOC(=O)C(N)CN1CCCC1C. The third-order valence-electron chi connectivity index (χ3n) is 2.71. The van der Waals surface area contributed by atoms with Gasteiger partial charge >= 0.3 is 5.97 Å². The van der Waals surface area contributed by atoms with Gasteiger partial charge in [0.1, 0.15) is 6.04 Å². The predicted molar refractivity (Wildman–Crippen MR) is 54.9 cm³/mol. The lowest BCUT2D eigenvalue weighted by Crippen LogP contribution is -2.44. The van der Waals surface area contributed by atoms with Crippen molar-refractivity contribution in [3.8, 4) is 0 Å². The van der Waals surface area contributed by atoms with E-state index in [4.69, 9.17) is 10.5 Å². The molecule has 14 heavy (non-hydrogen) atoms. The molecular formula is C10H20N2O2. The van der Waals surface area contributed by atoms with Crippen LogP contribution in [0.15, 0.2) is 0 Å². The summed E-state index contributed by atoms with van der Waals surface area (Å²) in [5.74, 6) is -0.286. The zero-order chi connectivity index (χ0) is 10.6. The molecule has 82 valence electrons. The number of ether oxygens (including phenoxy) is 1. The minimum Gasteiger partial charge on any atom is -0.465 e. The van der Waals surface area contributed by atoms with Gasteiger partial charge in [-0.15, -0.1) is 0 Å². The molecule has 4 nitrogen and oxygen atoms in total. The van der Waals surface area contributed by atoms with Crippen LogP contribution in [0.3, 0.4) is 0 Å². The summed E-state index contributed by atoms with van der Waals surface area (Å²) in [5.41, 5.74) is 5.73. The van der Waals surface area contributed by atoms with E-state index in [1.165, 1.54) is 12.8 Å².